The van der Waals surface area contributed by atoms with E-state index in [0.29, 0.717) is 18.8 Å². The number of aromatic nitrogens is 4. The Morgan fingerprint density at radius 3 is 3.05 bits per heavy atom. The first-order valence-electron chi connectivity index (χ1n) is 6.22. The predicted octanol–water partition coefficient (Wildman–Crippen LogP) is 2.32. The summed E-state index contributed by atoms with van der Waals surface area (Å²) in [6.45, 7) is 2.54. The molecule has 0 spiro atoms. The molecule has 104 valence electrons. The van der Waals surface area contributed by atoms with Gasteiger partial charge in [0.25, 0.3) is 0 Å². The average molecular weight is 309 g/mol. The molecule has 0 aromatic carbocycles. The number of halogens is 1. The second-order valence-electron chi connectivity index (χ2n) is 4.58. The number of fused-ring (bicyclic) bond motifs is 1. The lowest BCUT2D eigenvalue weighted by Crippen LogP contribution is -2.08. The lowest BCUT2D eigenvalue weighted by Gasteiger charge is -2.06. The fourth-order valence-electron chi connectivity index (χ4n) is 2.16. The van der Waals surface area contributed by atoms with E-state index in [9.17, 15) is 4.79 Å². The minimum absolute atomic E-state index is 0.0490. The van der Waals surface area contributed by atoms with Gasteiger partial charge in [-0.25, -0.2) is 9.97 Å². The van der Waals surface area contributed by atoms with Crippen molar-refractivity contribution in [3.05, 3.63) is 44.4 Å². The molecular formula is C13H13ClN4OS. The van der Waals surface area contributed by atoms with E-state index >= 15 is 0 Å². The second kappa shape index (κ2) is 5.38. The number of hydrogen-bond donors (Lipinski definition) is 1. The van der Waals surface area contributed by atoms with Crippen LogP contribution in [-0.4, -0.2) is 25.4 Å². The average Bonchev–Trinajstić information content (AvgIpc) is 2.95. The largest absolute Gasteiger partial charge is 0.315 e. The Hall–Kier alpha value is -1.66. The van der Waals surface area contributed by atoms with Crippen LogP contribution in [0.4, 0.5) is 0 Å². The van der Waals surface area contributed by atoms with Gasteiger partial charge < -0.3 is 9.55 Å². The van der Waals surface area contributed by atoms with Gasteiger partial charge in [-0.2, -0.15) is 0 Å². The Morgan fingerprint density at radius 2 is 2.35 bits per heavy atom. The molecule has 3 heterocycles. The highest BCUT2D eigenvalue weighted by Crippen LogP contribution is 2.17. The first-order chi connectivity index (χ1) is 9.67. The van der Waals surface area contributed by atoms with Gasteiger partial charge in [-0.05, 0) is 18.6 Å². The Kier molecular flexibility index (Phi) is 3.58. The highest BCUT2D eigenvalue weighted by molar-refractivity contribution is 7.07. The third-order valence-electron chi connectivity index (χ3n) is 3.02. The van der Waals surface area contributed by atoms with Crippen molar-refractivity contribution in [3.8, 4) is 0 Å². The topological polar surface area (TPSA) is 63.6 Å². The molecule has 0 amide bonds. The fourth-order valence-corrected chi connectivity index (χ4v) is 2.90. The molecule has 7 heteroatoms. The van der Waals surface area contributed by atoms with Crippen LogP contribution in [0.15, 0.2) is 22.4 Å². The maximum Gasteiger partial charge on any atom is 0.304 e. The Morgan fingerprint density at radius 1 is 1.50 bits per heavy atom. The maximum atomic E-state index is 11.2. The predicted molar refractivity (Wildman–Crippen MR) is 80.7 cm³/mol. The number of hydrogen-bond acceptors (Lipinski definition) is 4. The highest BCUT2D eigenvalue weighted by atomic mass is 35.5. The van der Waals surface area contributed by atoms with Crippen LogP contribution in [0.2, 0.25) is 0 Å². The van der Waals surface area contributed by atoms with Gasteiger partial charge in [0.2, 0.25) is 0 Å². The number of H-pyrrole nitrogens is 1. The molecule has 5 nitrogen and oxygen atoms in total. The quantitative estimate of drug-likeness (QED) is 0.752. The van der Waals surface area contributed by atoms with E-state index in [1.54, 1.807) is 0 Å². The number of aromatic amines is 1. The van der Waals surface area contributed by atoms with E-state index in [1.165, 1.54) is 0 Å². The summed E-state index contributed by atoms with van der Waals surface area (Å²) in [4.78, 5) is 23.1. The lowest BCUT2D eigenvalue weighted by molar-refractivity contribution is 0.733. The molecule has 0 aliphatic carbocycles. The van der Waals surface area contributed by atoms with Crippen LogP contribution in [0, 0.1) is 6.92 Å². The van der Waals surface area contributed by atoms with Crippen LogP contribution in [0.3, 0.4) is 0 Å². The highest BCUT2D eigenvalue weighted by Gasteiger charge is 2.12. The number of rotatable bonds is 4. The normalized spacial score (nSPS) is 11.3. The number of pyridine rings is 1. The standard InChI is InChI=1S/C13H13ClN4OS/c1-8-4-10-12(15-5-8)18(11(17-10)2-3-14)6-9-7-20-13(19)16-9/h4-5,7H,2-3,6H2,1H3,(H,16,19). The third kappa shape index (κ3) is 2.48. The summed E-state index contributed by atoms with van der Waals surface area (Å²) in [6, 6.07) is 2.01. The van der Waals surface area contributed by atoms with Gasteiger partial charge in [-0.3, -0.25) is 4.79 Å². The number of aryl methyl sites for hydroxylation is 2. The van der Waals surface area contributed by atoms with Crippen LogP contribution in [0.25, 0.3) is 11.2 Å². The molecule has 0 atom stereocenters. The van der Waals surface area contributed by atoms with Crippen LogP contribution < -0.4 is 4.87 Å². The monoisotopic (exact) mass is 308 g/mol. The van der Waals surface area contributed by atoms with Crippen LogP contribution in [0.1, 0.15) is 17.1 Å². The summed E-state index contributed by atoms with van der Waals surface area (Å²) < 4.78 is 2.01. The summed E-state index contributed by atoms with van der Waals surface area (Å²) in [5.41, 5.74) is 3.62. The van der Waals surface area contributed by atoms with E-state index in [4.69, 9.17) is 11.6 Å². The first-order valence-corrected chi connectivity index (χ1v) is 7.63. The summed E-state index contributed by atoms with van der Waals surface area (Å²) in [7, 11) is 0. The van der Waals surface area contributed by atoms with Gasteiger partial charge >= 0.3 is 4.87 Å². The van der Waals surface area contributed by atoms with Crippen molar-refractivity contribution in [3.63, 3.8) is 0 Å². The molecule has 0 aliphatic rings. The zero-order valence-electron chi connectivity index (χ0n) is 10.9. The van der Waals surface area contributed by atoms with Crippen molar-refractivity contribution < 1.29 is 0 Å². The van der Waals surface area contributed by atoms with Crippen molar-refractivity contribution in [2.45, 2.75) is 19.9 Å². The van der Waals surface area contributed by atoms with Crippen LogP contribution in [-0.2, 0) is 13.0 Å². The Balaban J connectivity index is 2.10. The van der Waals surface area contributed by atoms with Crippen molar-refractivity contribution >= 4 is 34.1 Å². The molecule has 0 fully saturated rings. The molecule has 0 unspecified atom stereocenters. The second-order valence-corrected chi connectivity index (χ2v) is 5.80. The van der Waals surface area contributed by atoms with E-state index in [1.807, 2.05) is 29.1 Å². The molecule has 0 radical (unpaired) electrons. The zero-order valence-corrected chi connectivity index (χ0v) is 12.5. The van der Waals surface area contributed by atoms with Crippen molar-refractivity contribution in [1.29, 1.82) is 0 Å². The first kappa shape index (κ1) is 13.3. The summed E-state index contributed by atoms with van der Waals surface area (Å²) >= 11 is 7.01. The van der Waals surface area contributed by atoms with Gasteiger partial charge in [0, 0.05) is 29.6 Å². The number of alkyl halides is 1. The molecule has 3 aromatic heterocycles. The molecule has 0 aliphatic heterocycles. The van der Waals surface area contributed by atoms with Gasteiger partial charge in [-0.1, -0.05) is 11.3 Å². The maximum absolute atomic E-state index is 11.2. The SMILES string of the molecule is Cc1cnc2c(c1)nc(CCCl)n2Cc1csc(=O)[nH]1. The summed E-state index contributed by atoms with van der Waals surface area (Å²) in [5, 5.41) is 1.83. The molecule has 20 heavy (non-hydrogen) atoms. The molecule has 0 saturated heterocycles. The Labute approximate surface area is 124 Å². The van der Waals surface area contributed by atoms with Gasteiger partial charge in [0.15, 0.2) is 5.65 Å². The fraction of sp³-hybridized carbons (Fsp3) is 0.308. The lowest BCUT2D eigenvalue weighted by atomic mass is 10.3. The van der Waals surface area contributed by atoms with Crippen molar-refractivity contribution in [2.24, 2.45) is 0 Å². The summed E-state index contributed by atoms with van der Waals surface area (Å²) in [5.74, 6) is 1.39. The minimum atomic E-state index is -0.0490. The number of imidazole rings is 1. The summed E-state index contributed by atoms with van der Waals surface area (Å²) in [6.07, 6.45) is 2.49. The smallest absolute Gasteiger partial charge is 0.304 e. The third-order valence-corrected chi connectivity index (χ3v) is 3.93. The van der Waals surface area contributed by atoms with Crippen LogP contribution in [0.5, 0.6) is 0 Å². The zero-order chi connectivity index (χ0) is 14.1. The van der Waals surface area contributed by atoms with E-state index in [2.05, 4.69) is 15.0 Å². The molecule has 0 saturated carbocycles. The minimum Gasteiger partial charge on any atom is -0.315 e. The molecule has 3 rings (SSSR count). The van der Waals surface area contributed by atoms with E-state index in [-0.39, 0.29) is 4.87 Å². The molecule has 3 aromatic rings. The number of thiazole rings is 1. The van der Waals surface area contributed by atoms with Crippen LogP contribution >= 0.6 is 22.9 Å². The van der Waals surface area contributed by atoms with Gasteiger partial charge in [0.05, 0.1) is 6.54 Å². The van der Waals surface area contributed by atoms with Gasteiger partial charge in [0.1, 0.15) is 11.3 Å². The molecule has 1 N–H and O–H groups in total. The molecular weight excluding hydrogens is 296 g/mol. The Bertz CT molecular complexity index is 804. The van der Waals surface area contributed by atoms with E-state index in [0.717, 1.165) is 39.6 Å². The molecule has 0 bridgehead atoms. The van der Waals surface area contributed by atoms with Crippen molar-refractivity contribution in [1.82, 2.24) is 19.5 Å². The number of nitrogens with one attached hydrogen (secondary N) is 1. The van der Waals surface area contributed by atoms with Gasteiger partial charge in [-0.15, -0.1) is 11.6 Å². The van der Waals surface area contributed by atoms with E-state index < -0.39 is 0 Å². The number of nitrogens with zero attached hydrogens (tertiary/aromatic N) is 3. The van der Waals surface area contributed by atoms with Crippen molar-refractivity contribution in [2.75, 3.05) is 5.88 Å².